The van der Waals surface area contributed by atoms with E-state index in [-0.39, 0.29) is 24.2 Å². The van der Waals surface area contributed by atoms with Gasteiger partial charge in [-0.25, -0.2) is 8.78 Å². The maximum absolute atomic E-state index is 13.4. The SMILES string of the molecule is Cc1cc(C(O)CCOCC(F)(F)F)c(F)cc1F. The van der Waals surface area contributed by atoms with Crippen LogP contribution in [0.5, 0.6) is 0 Å². The van der Waals surface area contributed by atoms with Crippen LogP contribution in [0, 0.1) is 18.6 Å². The Morgan fingerprint density at radius 2 is 1.84 bits per heavy atom. The second-order valence-electron chi connectivity index (χ2n) is 4.10. The topological polar surface area (TPSA) is 29.5 Å². The lowest BCUT2D eigenvalue weighted by Gasteiger charge is -2.14. The summed E-state index contributed by atoms with van der Waals surface area (Å²) in [6.07, 6.45) is -5.99. The van der Waals surface area contributed by atoms with Crippen molar-refractivity contribution in [1.29, 1.82) is 0 Å². The molecule has 0 aliphatic carbocycles. The van der Waals surface area contributed by atoms with Crippen LogP contribution in [0.2, 0.25) is 0 Å². The lowest BCUT2D eigenvalue weighted by Crippen LogP contribution is -2.18. The predicted molar refractivity (Wildman–Crippen MR) is 57.5 cm³/mol. The van der Waals surface area contributed by atoms with Gasteiger partial charge in [-0.05, 0) is 18.6 Å². The van der Waals surface area contributed by atoms with Gasteiger partial charge in [0.15, 0.2) is 0 Å². The van der Waals surface area contributed by atoms with Crippen LogP contribution in [0.3, 0.4) is 0 Å². The molecule has 1 atom stereocenters. The van der Waals surface area contributed by atoms with E-state index in [1.54, 1.807) is 0 Å². The van der Waals surface area contributed by atoms with Crippen molar-refractivity contribution < 1.29 is 31.8 Å². The molecule has 2 nitrogen and oxygen atoms in total. The Kier molecular flexibility index (Phi) is 5.25. The molecule has 19 heavy (non-hydrogen) atoms. The Morgan fingerprint density at radius 3 is 2.42 bits per heavy atom. The van der Waals surface area contributed by atoms with E-state index in [0.29, 0.717) is 6.07 Å². The largest absolute Gasteiger partial charge is 0.411 e. The lowest BCUT2D eigenvalue weighted by molar-refractivity contribution is -0.175. The number of aliphatic hydroxyl groups excluding tert-OH is 1. The standard InChI is InChI=1S/C12H13F5O2/c1-7-4-8(10(14)5-9(7)13)11(18)2-3-19-6-12(15,16)17/h4-5,11,18H,2-3,6H2,1H3. The van der Waals surface area contributed by atoms with E-state index >= 15 is 0 Å². The fraction of sp³-hybridized carbons (Fsp3) is 0.500. The van der Waals surface area contributed by atoms with E-state index in [0.717, 1.165) is 6.07 Å². The van der Waals surface area contributed by atoms with Crippen molar-refractivity contribution in [3.63, 3.8) is 0 Å². The summed E-state index contributed by atoms with van der Waals surface area (Å²) in [5, 5.41) is 9.62. The molecule has 1 unspecified atom stereocenters. The predicted octanol–water partition coefficient (Wildman–Crippen LogP) is 3.28. The third-order valence-electron chi connectivity index (χ3n) is 2.44. The normalized spacial score (nSPS) is 13.6. The first kappa shape index (κ1) is 15.8. The van der Waals surface area contributed by atoms with Crippen molar-refractivity contribution >= 4 is 0 Å². The summed E-state index contributed by atoms with van der Waals surface area (Å²) < 4.78 is 66.0. The molecular weight excluding hydrogens is 271 g/mol. The fourth-order valence-corrected chi connectivity index (χ4v) is 1.47. The summed E-state index contributed by atoms with van der Waals surface area (Å²) in [6, 6.07) is 1.75. The van der Waals surface area contributed by atoms with E-state index < -0.39 is 30.5 Å². The zero-order valence-electron chi connectivity index (χ0n) is 10.1. The summed E-state index contributed by atoms with van der Waals surface area (Å²) in [6.45, 7) is -0.410. The number of benzene rings is 1. The molecule has 0 saturated carbocycles. The average Bonchev–Trinajstić information content (AvgIpc) is 2.28. The number of aryl methyl sites for hydroxylation is 1. The summed E-state index contributed by atoms with van der Waals surface area (Å²) in [4.78, 5) is 0. The first-order valence-corrected chi connectivity index (χ1v) is 5.49. The number of alkyl halides is 3. The van der Waals surface area contributed by atoms with Crippen LogP contribution < -0.4 is 0 Å². The van der Waals surface area contributed by atoms with E-state index in [4.69, 9.17) is 0 Å². The summed E-state index contributed by atoms with van der Waals surface area (Å²) in [7, 11) is 0. The van der Waals surface area contributed by atoms with Gasteiger partial charge in [-0.2, -0.15) is 13.2 Å². The molecule has 0 radical (unpaired) electrons. The fourth-order valence-electron chi connectivity index (χ4n) is 1.47. The summed E-state index contributed by atoms with van der Waals surface area (Å²) in [5.41, 5.74) is -0.0128. The van der Waals surface area contributed by atoms with Crippen LogP contribution in [-0.2, 0) is 4.74 Å². The first-order chi connectivity index (χ1) is 8.70. The molecule has 0 spiro atoms. The van der Waals surface area contributed by atoms with Gasteiger partial charge in [-0.1, -0.05) is 0 Å². The minimum absolute atomic E-state index is 0.145. The Balaban J connectivity index is 2.54. The highest BCUT2D eigenvalue weighted by Crippen LogP contribution is 2.23. The van der Waals surface area contributed by atoms with Crippen LogP contribution in [0.4, 0.5) is 22.0 Å². The molecule has 1 rings (SSSR count). The maximum Gasteiger partial charge on any atom is 0.411 e. The molecule has 7 heteroatoms. The molecule has 0 saturated heterocycles. The van der Waals surface area contributed by atoms with Gasteiger partial charge < -0.3 is 9.84 Å². The van der Waals surface area contributed by atoms with Gasteiger partial charge in [-0.15, -0.1) is 0 Å². The van der Waals surface area contributed by atoms with Gasteiger partial charge in [0.2, 0.25) is 0 Å². The Morgan fingerprint density at radius 1 is 1.21 bits per heavy atom. The molecule has 0 aliphatic rings. The number of hydrogen-bond acceptors (Lipinski definition) is 2. The molecule has 0 aromatic heterocycles. The van der Waals surface area contributed by atoms with E-state index in [9.17, 15) is 27.1 Å². The minimum atomic E-state index is -4.44. The highest BCUT2D eigenvalue weighted by Gasteiger charge is 2.27. The average molecular weight is 284 g/mol. The van der Waals surface area contributed by atoms with Gasteiger partial charge in [0.1, 0.15) is 18.2 Å². The third-order valence-corrected chi connectivity index (χ3v) is 2.44. The van der Waals surface area contributed by atoms with Crippen LogP contribution in [0.25, 0.3) is 0 Å². The van der Waals surface area contributed by atoms with Gasteiger partial charge in [0.05, 0.1) is 6.10 Å². The summed E-state index contributed by atoms with van der Waals surface area (Å²) >= 11 is 0. The third kappa shape index (κ3) is 5.12. The number of aliphatic hydroxyl groups is 1. The maximum atomic E-state index is 13.4. The van der Waals surface area contributed by atoms with Crippen molar-refractivity contribution in [3.05, 3.63) is 34.9 Å². The second-order valence-corrected chi connectivity index (χ2v) is 4.10. The number of ether oxygens (including phenoxy) is 1. The van der Waals surface area contributed by atoms with Crippen LogP contribution in [0.15, 0.2) is 12.1 Å². The quantitative estimate of drug-likeness (QED) is 0.664. The van der Waals surface area contributed by atoms with Crippen LogP contribution >= 0.6 is 0 Å². The van der Waals surface area contributed by atoms with Gasteiger partial charge in [-0.3, -0.25) is 0 Å². The van der Waals surface area contributed by atoms with E-state index in [2.05, 4.69) is 4.74 Å². The molecule has 108 valence electrons. The molecule has 0 heterocycles. The molecular formula is C12H13F5O2. The monoisotopic (exact) mass is 284 g/mol. The number of halogens is 5. The summed E-state index contributed by atoms with van der Waals surface area (Å²) in [5.74, 6) is -1.69. The minimum Gasteiger partial charge on any atom is -0.388 e. The Bertz CT molecular complexity index is 431. The highest BCUT2D eigenvalue weighted by atomic mass is 19.4. The van der Waals surface area contributed by atoms with Crippen molar-refractivity contribution in [2.75, 3.05) is 13.2 Å². The molecule has 1 N–H and O–H groups in total. The van der Waals surface area contributed by atoms with Crippen LogP contribution in [-0.4, -0.2) is 24.5 Å². The van der Waals surface area contributed by atoms with Gasteiger partial charge in [0.25, 0.3) is 0 Å². The highest BCUT2D eigenvalue weighted by molar-refractivity contribution is 5.27. The van der Waals surface area contributed by atoms with E-state index in [1.807, 2.05) is 0 Å². The first-order valence-electron chi connectivity index (χ1n) is 5.49. The van der Waals surface area contributed by atoms with Crippen LogP contribution in [0.1, 0.15) is 23.7 Å². The Labute approximate surface area is 106 Å². The Hall–Kier alpha value is -1.21. The molecule has 0 bridgehead atoms. The smallest absolute Gasteiger partial charge is 0.388 e. The van der Waals surface area contributed by atoms with Gasteiger partial charge in [0, 0.05) is 24.7 Å². The van der Waals surface area contributed by atoms with Gasteiger partial charge >= 0.3 is 6.18 Å². The molecule has 1 aromatic carbocycles. The molecule has 0 fully saturated rings. The zero-order chi connectivity index (χ0) is 14.6. The van der Waals surface area contributed by atoms with Crippen molar-refractivity contribution in [2.24, 2.45) is 0 Å². The van der Waals surface area contributed by atoms with Crippen molar-refractivity contribution in [3.8, 4) is 0 Å². The second kappa shape index (κ2) is 6.29. The van der Waals surface area contributed by atoms with E-state index in [1.165, 1.54) is 6.92 Å². The number of hydrogen-bond donors (Lipinski definition) is 1. The molecule has 0 amide bonds. The number of rotatable bonds is 5. The van der Waals surface area contributed by atoms with Crippen molar-refractivity contribution in [1.82, 2.24) is 0 Å². The molecule has 1 aromatic rings. The van der Waals surface area contributed by atoms with Crippen molar-refractivity contribution in [2.45, 2.75) is 25.6 Å². The zero-order valence-corrected chi connectivity index (χ0v) is 10.1. The molecule has 0 aliphatic heterocycles. The lowest BCUT2D eigenvalue weighted by atomic mass is 10.0.